The minimum Gasteiger partial charge on any atom is -0.481 e. The number of aliphatic carboxylic acids is 7. The zero-order valence-electron chi connectivity index (χ0n) is 71.5. The number of carboxylic acid groups (broad SMARTS) is 7. The number of unbranched alkanes of at least 4 members (excludes halogenated alkanes) is 28. The maximum atomic E-state index is 13.1. The van der Waals surface area contributed by atoms with E-state index in [0.29, 0.717) is 38.0 Å². The molecule has 0 radical (unpaired) electrons. The molecule has 1 saturated carbocycles. The van der Waals surface area contributed by atoms with E-state index in [4.69, 9.17) is 10.2 Å². The maximum absolute atomic E-state index is 13.1. The van der Waals surface area contributed by atoms with Crippen LogP contribution in [0.1, 0.15) is 389 Å². The van der Waals surface area contributed by atoms with Crippen LogP contribution in [-0.2, 0) is 81.5 Å². The van der Waals surface area contributed by atoms with Crippen molar-refractivity contribution < 1.29 is 117 Å². The molecule has 0 bridgehead atoms. The fourth-order valence-corrected chi connectivity index (χ4v) is 13.7. The third-order valence-corrected chi connectivity index (χ3v) is 21.6. The molecule has 1 fully saturated rings. The second-order valence-corrected chi connectivity index (χ2v) is 32.6. The SMILES string of the molecule is CC(=O)CCCCCCCCCCCCCCCCCCC(=O)NCC1CCC(C(=O)C[C@@H](CCC(=O)N[C@@H](CCC(=O)C[C@@H](CCC(=O)C(C)C)C(=O)O)C(=O)O)C(=O)O)CC1.CCC(=O)N[C@@H](CCC(=O)N[C@@H](CCC(=O)C[C@@H](CCC(=O)C(C)C)C(=O)O)C(=O)O)C(=O)O.CCCCCCCCCCCCCCCCC(=O)O. The second-order valence-electron chi connectivity index (χ2n) is 32.6. The Morgan fingerprint density at radius 3 is 0.931 bits per heavy atom. The highest BCUT2D eigenvalue weighted by atomic mass is 16.4. The molecule has 0 aromatic carbocycles. The van der Waals surface area contributed by atoms with Crippen molar-refractivity contribution in [3.8, 4) is 0 Å². The number of Topliss-reactive ketones (excluding diaryl/α,β-unsaturated/α-hetero) is 6. The summed E-state index contributed by atoms with van der Waals surface area (Å²) in [5.74, 6) is -15.5. The molecule has 28 heteroatoms. The van der Waals surface area contributed by atoms with Gasteiger partial charge in [0.1, 0.15) is 52.8 Å². The molecule has 28 nitrogen and oxygen atoms in total. The number of ketones is 6. The van der Waals surface area contributed by atoms with E-state index in [1.807, 2.05) is 0 Å². The predicted molar refractivity (Wildman–Crippen MR) is 441 cm³/mol. The zero-order chi connectivity index (χ0) is 87.6. The van der Waals surface area contributed by atoms with Gasteiger partial charge in [0.2, 0.25) is 23.6 Å². The number of hydrogen-bond acceptors (Lipinski definition) is 17. The molecule has 4 amide bonds. The quantitative estimate of drug-likeness (QED) is 0.0252. The molecule has 0 saturated heterocycles. The fourth-order valence-electron chi connectivity index (χ4n) is 13.7. The number of amides is 4. The summed E-state index contributed by atoms with van der Waals surface area (Å²) in [7, 11) is 0. The second kappa shape index (κ2) is 70.2. The van der Waals surface area contributed by atoms with Gasteiger partial charge >= 0.3 is 41.8 Å². The molecule has 11 N–H and O–H groups in total. The van der Waals surface area contributed by atoms with Crippen molar-refractivity contribution >= 4 is 100 Å². The number of carbonyl (C=O) groups excluding carboxylic acids is 10. The number of hydrogen-bond donors (Lipinski definition) is 11. The Morgan fingerprint density at radius 2 is 0.612 bits per heavy atom. The molecule has 0 aliphatic heterocycles. The number of carbonyl (C=O) groups is 17. The van der Waals surface area contributed by atoms with Gasteiger partial charge in [-0.05, 0) is 96.3 Å². The molecule has 1 rings (SSSR count). The Bertz CT molecular complexity index is 2910. The van der Waals surface area contributed by atoms with Crippen molar-refractivity contribution in [3.05, 3.63) is 0 Å². The minimum absolute atomic E-state index is 0.00348. The molecule has 6 atom stereocenters. The van der Waals surface area contributed by atoms with Crippen LogP contribution in [0.3, 0.4) is 0 Å². The average molecular weight is 1650 g/mol. The van der Waals surface area contributed by atoms with Crippen molar-refractivity contribution in [1.82, 2.24) is 21.3 Å². The maximum Gasteiger partial charge on any atom is 0.326 e. The fraction of sp³-hybridized carbons (Fsp3) is 0.807. The van der Waals surface area contributed by atoms with Gasteiger partial charge in [-0.15, -0.1) is 0 Å². The van der Waals surface area contributed by atoms with Crippen molar-refractivity contribution in [2.24, 2.45) is 41.4 Å². The van der Waals surface area contributed by atoms with Crippen molar-refractivity contribution in [2.45, 2.75) is 407 Å². The molecule has 0 unspecified atom stereocenters. The Balaban J connectivity index is 0. The van der Waals surface area contributed by atoms with E-state index >= 15 is 0 Å². The largest absolute Gasteiger partial charge is 0.481 e. The zero-order valence-corrected chi connectivity index (χ0v) is 71.5. The molecular weight excluding hydrogens is 1500 g/mol. The summed E-state index contributed by atoms with van der Waals surface area (Å²) in [6.07, 6.45) is 38.8. The van der Waals surface area contributed by atoms with E-state index < -0.39 is 107 Å². The van der Waals surface area contributed by atoms with E-state index in [-0.39, 0.29) is 150 Å². The van der Waals surface area contributed by atoms with Crippen LogP contribution in [0, 0.1) is 41.4 Å². The van der Waals surface area contributed by atoms with Crippen LogP contribution in [0.4, 0.5) is 0 Å². The topological polar surface area (TPSA) is 480 Å². The monoisotopic (exact) mass is 1650 g/mol. The molecule has 0 aromatic heterocycles. The van der Waals surface area contributed by atoms with Gasteiger partial charge in [-0.25, -0.2) is 14.4 Å². The first-order chi connectivity index (χ1) is 55.0. The van der Waals surface area contributed by atoms with Gasteiger partial charge < -0.3 is 61.8 Å². The standard InChI is InChI=1S/C49H82N2O12.C22H34N2O10.C17H34O2/c1-35(2)43(54)30-26-39(47(58)59)32-41(53)28-29-42(49(62)63)51-46(57)31-27-40(48(60)61)33-44(55)38-24-22-37(23-25-38)34-50-45(56)21-19-17-15-13-11-9-7-5-4-6-8-10-12-14-16-18-20-36(3)52;1-4-18(27)23-16(22(33)34)8-10-19(28)24-15(21(31)32)7-6-14(25)11-13(20(29)30)5-9-17(26)12(2)3;1-2-3-4-5-6-7-8-9-10-11-12-13-14-15-16-17(18)19/h35,37-40,42H,4-34H2,1-3H3,(H,50,56)(H,51,57)(H,58,59)(H,60,61)(H,62,63);12-13,15-16H,4-11H2,1-3H3,(H,23,27)(H,24,28)(H,29,30)(H,31,32)(H,33,34);2-16H2,1H3,(H,18,19)/t37?,38?,39-,40-,42+;13-,15+,16+;/m11./s1. The van der Waals surface area contributed by atoms with Gasteiger partial charge in [-0.3, -0.25) is 62.3 Å². The number of rotatable bonds is 73. The van der Waals surface area contributed by atoms with Crippen molar-refractivity contribution in [1.29, 1.82) is 0 Å². The average Bonchev–Trinajstić information content (AvgIpc) is 0.875. The molecule has 0 spiro atoms. The molecule has 666 valence electrons. The summed E-state index contributed by atoms with van der Waals surface area (Å²) >= 11 is 0. The van der Waals surface area contributed by atoms with Gasteiger partial charge in [0.05, 0.1) is 17.8 Å². The highest BCUT2D eigenvalue weighted by Crippen LogP contribution is 2.32. The molecular formula is C88H150N4O24. The third-order valence-electron chi connectivity index (χ3n) is 21.6. The van der Waals surface area contributed by atoms with Gasteiger partial charge in [0, 0.05) is 108 Å². The van der Waals surface area contributed by atoms with E-state index in [0.717, 1.165) is 57.8 Å². The molecule has 1 aliphatic rings. The lowest BCUT2D eigenvalue weighted by atomic mass is 9.78. The van der Waals surface area contributed by atoms with E-state index in [9.17, 15) is 107 Å². The van der Waals surface area contributed by atoms with Gasteiger partial charge in [0.25, 0.3) is 0 Å². The van der Waals surface area contributed by atoms with Crippen LogP contribution in [0.15, 0.2) is 0 Å². The summed E-state index contributed by atoms with van der Waals surface area (Å²) in [6.45, 7) is 12.8. The summed E-state index contributed by atoms with van der Waals surface area (Å²) < 4.78 is 0. The predicted octanol–water partition coefficient (Wildman–Crippen LogP) is 15.7. The first kappa shape index (κ1) is 110. The van der Waals surface area contributed by atoms with Crippen molar-refractivity contribution in [2.75, 3.05) is 6.54 Å². The minimum atomic E-state index is -1.45. The van der Waals surface area contributed by atoms with Crippen LogP contribution >= 0.6 is 0 Å². The highest BCUT2D eigenvalue weighted by Gasteiger charge is 2.33. The Morgan fingerprint density at radius 1 is 0.310 bits per heavy atom. The first-order valence-corrected chi connectivity index (χ1v) is 43.9. The molecule has 0 heterocycles. The van der Waals surface area contributed by atoms with Crippen molar-refractivity contribution in [3.63, 3.8) is 0 Å². The van der Waals surface area contributed by atoms with Crippen LogP contribution < -0.4 is 21.3 Å². The van der Waals surface area contributed by atoms with Gasteiger partial charge in [-0.1, -0.05) is 215 Å². The Labute approximate surface area is 690 Å². The molecule has 116 heavy (non-hydrogen) atoms. The van der Waals surface area contributed by atoms with Gasteiger partial charge in [0.15, 0.2) is 0 Å². The highest BCUT2D eigenvalue weighted by molar-refractivity contribution is 5.90. The third kappa shape index (κ3) is 63.3. The van der Waals surface area contributed by atoms with E-state index in [2.05, 4.69) is 28.2 Å². The summed E-state index contributed by atoms with van der Waals surface area (Å²) in [5.41, 5.74) is 0. The summed E-state index contributed by atoms with van der Waals surface area (Å²) in [4.78, 5) is 201. The van der Waals surface area contributed by atoms with Crippen LogP contribution in [0.2, 0.25) is 0 Å². The van der Waals surface area contributed by atoms with Gasteiger partial charge in [-0.2, -0.15) is 0 Å². The lowest BCUT2D eigenvalue weighted by molar-refractivity contribution is -0.145. The summed E-state index contributed by atoms with van der Waals surface area (Å²) in [6, 6.07) is -4.19. The molecule has 0 aromatic rings. The van der Waals surface area contributed by atoms with Crippen LogP contribution in [0.25, 0.3) is 0 Å². The first-order valence-electron chi connectivity index (χ1n) is 43.9. The smallest absolute Gasteiger partial charge is 0.326 e. The normalized spacial score (nSPS) is 14.6. The van der Waals surface area contributed by atoms with Crippen LogP contribution in [-0.4, -0.2) is 161 Å². The lowest BCUT2D eigenvalue weighted by Crippen LogP contribution is -2.44. The van der Waals surface area contributed by atoms with E-state index in [1.54, 1.807) is 34.6 Å². The van der Waals surface area contributed by atoms with Crippen LogP contribution in [0.5, 0.6) is 0 Å². The summed E-state index contributed by atoms with van der Waals surface area (Å²) in [5, 5.41) is 74.9. The number of carboxylic acids is 7. The number of nitrogens with one attached hydrogen (secondary N) is 4. The lowest BCUT2D eigenvalue weighted by Gasteiger charge is -2.28. The van der Waals surface area contributed by atoms with E-state index in [1.165, 1.54) is 161 Å². The Hall–Kier alpha value is -7.81. The molecule has 1 aliphatic carbocycles. The Kier molecular flexibility index (Phi) is 66.7.